The van der Waals surface area contributed by atoms with E-state index in [4.69, 9.17) is 20.0 Å². The van der Waals surface area contributed by atoms with Gasteiger partial charge < -0.3 is 25.3 Å². The van der Waals surface area contributed by atoms with Crippen molar-refractivity contribution in [2.75, 3.05) is 13.2 Å². The molecule has 0 spiro atoms. The number of aliphatic hydroxyl groups excluding tert-OH is 1. The highest BCUT2D eigenvalue weighted by Crippen LogP contribution is 2.11. The van der Waals surface area contributed by atoms with Crippen molar-refractivity contribution < 1.29 is 24.2 Å². The van der Waals surface area contributed by atoms with Crippen molar-refractivity contribution >= 4 is 17.8 Å². The quantitative estimate of drug-likeness (QED) is 0.515. The Bertz CT molecular complexity index is 605. The molecule has 0 aromatic heterocycles. The summed E-state index contributed by atoms with van der Waals surface area (Å²) in [5.41, 5.74) is 0.818. The van der Waals surface area contributed by atoms with Gasteiger partial charge in [-0.25, -0.2) is 9.59 Å². The Morgan fingerprint density at radius 1 is 1.24 bits per heavy atom. The number of nitrogens with one attached hydrogen (secondary N) is 2. The van der Waals surface area contributed by atoms with Crippen LogP contribution in [0.4, 0.5) is 4.79 Å². The highest BCUT2D eigenvalue weighted by molar-refractivity contribution is 5.99. The predicted octanol–water partition coefficient (Wildman–Crippen LogP) is 2.05. The minimum atomic E-state index is -0.877. The first kappa shape index (κ1) is 20.6. The lowest BCUT2D eigenvalue weighted by molar-refractivity contribution is -0.145. The summed E-state index contributed by atoms with van der Waals surface area (Å²) in [6.45, 7) is 6.77. The van der Waals surface area contributed by atoms with Gasteiger partial charge in [-0.2, -0.15) is 0 Å². The molecule has 0 aliphatic carbocycles. The summed E-state index contributed by atoms with van der Waals surface area (Å²) in [6, 6.07) is 5.97. The Labute approximate surface area is 147 Å². The molecule has 0 bridgehead atoms. The number of alkyl carbamates (subject to hydrolysis) is 1. The molecule has 0 aliphatic heterocycles. The molecular weight excluding hydrogens is 324 g/mol. The minimum absolute atomic E-state index is 0.111. The standard InChI is InChI=1S/C18H26N2O5/c1-5-24-16(22)15(20-17(23)25-18(2,3)4)10-12-6-8-13(9-7-12)14(19)11-21/h6-9,15,19,21H,5,10-11H2,1-4H3,(H,20,23)/t15-/m0/s1. The maximum Gasteiger partial charge on any atom is 0.408 e. The van der Waals surface area contributed by atoms with Crippen LogP contribution in [-0.4, -0.2) is 47.7 Å². The number of hydrogen-bond donors (Lipinski definition) is 3. The second kappa shape index (κ2) is 9.17. The van der Waals surface area contributed by atoms with Gasteiger partial charge in [-0.15, -0.1) is 0 Å². The van der Waals surface area contributed by atoms with Crippen LogP contribution in [0.1, 0.15) is 38.8 Å². The zero-order valence-corrected chi connectivity index (χ0v) is 15.1. The fourth-order valence-electron chi connectivity index (χ4n) is 2.05. The van der Waals surface area contributed by atoms with Gasteiger partial charge in [0.05, 0.1) is 18.9 Å². The van der Waals surface area contributed by atoms with E-state index >= 15 is 0 Å². The Morgan fingerprint density at radius 3 is 2.32 bits per heavy atom. The van der Waals surface area contributed by atoms with Crippen molar-refractivity contribution in [1.82, 2.24) is 5.32 Å². The van der Waals surface area contributed by atoms with Crippen LogP contribution >= 0.6 is 0 Å². The van der Waals surface area contributed by atoms with E-state index in [1.807, 2.05) is 0 Å². The van der Waals surface area contributed by atoms with E-state index in [-0.39, 0.29) is 25.3 Å². The van der Waals surface area contributed by atoms with Crippen LogP contribution in [-0.2, 0) is 20.7 Å². The SMILES string of the molecule is CCOC(=O)[C@H](Cc1ccc(C(=N)CO)cc1)NC(=O)OC(C)(C)C. The summed E-state index contributed by atoms with van der Waals surface area (Å²) in [4.78, 5) is 24.1. The number of esters is 1. The van der Waals surface area contributed by atoms with Gasteiger partial charge in [-0.05, 0) is 38.8 Å². The van der Waals surface area contributed by atoms with Crippen LogP contribution in [0.3, 0.4) is 0 Å². The van der Waals surface area contributed by atoms with E-state index in [2.05, 4.69) is 5.32 Å². The molecule has 0 saturated carbocycles. The smallest absolute Gasteiger partial charge is 0.408 e. The van der Waals surface area contributed by atoms with Crippen molar-refractivity contribution in [3.8, 4) is 0 Å². The average Bonchev–Trinajstić information content (AvgIpc) is 2.52. The van der Waals surface area contributed by atoms with Crippen LogP contribution in [0.15, 0.2) is 24.3 Å². The Morgan fingerprint density at radius 2 is 1.84 bits per heavy atom. The summed E-state index contributed by atoms with van der Waals surface area (Å²) < 4.78 is 10.2. The lowest BCUT2D eigenvalue weighted by atomic mass is 10.0. The zero-order chi connectivity index (χ0) is 19.0. The highest BCUT2D eigenvalue weighted by atomic mass is 16.6. The van der Waals surface area contributed by atoms with Crippen LogP contribution in [0.2, 0.25) is 0 Å². The third kappa shape index (κ3) is 7.34. The second-order valence-corrected chi connectivity index (χ2v) is 6.49. The number of rotatable bonds is 7. The van der Waals surface area contributed by atoms with Gasteiger partial charge in [-0.3, -0.25) is 0 Å². The number of aliphatic hydroxyl groups is 1. The Balaban J connectivity index is 2.84. The third-order valence-electron chi connectivity index (χ3n) is 3.16. The lowest BCUT2D eigenvalue weighted by Gasteiger charge is -2.23. The number of benzene rings is 1. The summed E-state index contributed by atoms with van der Waals surface area (Å²) in [7, 11) is 0. The van der Waals surface area contributed by atoms with Gasteiger partial charge in [0, 0.05) is 6.42 Å². The molecule has 3 N–H and O–H groups in total. The molecule has 1 rings (SSSR count). The molecule has 0 heterocycles. The first-order valence-electron chi connectivity index (χ1n) is 8.10. The van der Waals surface area contributed by atoms with E-state index < -0.39 is 23.7 Å². The molecule has 0 unspecified atom stereocenters. The van der Waals surface area contributed by atoms with Crippen molar-refractivity contribution in [2.24, 2.45) is 0 Å². The molecular formula is C18H26N2O5. The van der Waals surface area contributed by atoms with E-state index in [9.17, 15) is 9.59 Å². The summed E-state index contributed by atoms with van der Waals surface area (Å²) in [5, 5.41) is 19.1. The average molecular weight is 350 g/mol. The molecule has 7 heteroatoms. The normalized spacial score (nSPS) is 12.2. The molecule has 1 aromatic carbocycles. The molecule has 1 amide bonds. The molecule has 0 aliphatic rings. The van der Waals surface area contributed by atoms with E-state index in [0.29, 0.717) is 5.56 Å². The maximum absolute atomic E-state index is 12.1. The molecule has 7 nitrogen and oxygen atoms in total. The van der Waals surface area contributed by atoms with Crippen molar-refractivity contribution in [3.05, 3.63) is 35.4 Å². The van der Waals surface area contributed by atoms with Crippen molar-refractivity contribution in [2.45, 2.75) is 45.8 Å². The minimum Gasteiger partial charge on any atom is -0.464 e. The Hall–Kier alpha value is -2.41. The molecule has 0 fully saturated rings. The highest BCUT2D eigenvalue weighted by Gasteiger charge is 2.25. The van der Waals surface area contributed by atoms with Gasteiger partial charge in [-0.1, -0.05) is 24.3 Å². The van der Waals surface area contributed by atoms with Crippen molar-refractivity contribution in [3.63, 3.8) is 0 Å². The number of hydrogen-bond acceptors (Lipinski definition) is 6. The molecule has 1 atom stereocenters. The predicted molar refractivity (Wildman–Crippen MR) is 93.9 cm³/mol. The largest absolute Gasteiger partial charge is 0.464 e. The van der Waals surface area contributed by atoms with E-state index in [1.165, 1.54) is 0 Å². The molecule has 25 heavy (non-hydrogen) atoms. The monoisotopic (exact) mass is 350 g/mol. The Kier molecular flexibility index (Phi) is 7.57. The lowest BCUT2D eigenvalue weighted by Crippen LogP contribution is -2.45. The van der Waals surface area contributed by atoms with Gasteiger partial charge in [0.25, 0.3) is 0 Å². The van der Waals surface area contributed by atoms with E-state index in [1.54, 1.807) is 52.0 Å². The zero-order valence-electron chi connectivity index (χ0n) is 15.1. The van der Waals surface area contributed by atoms with E-state index in [0.717, 1.165) is 5.56 Å². The number of amides is 1. The molecule has 0 saturated heterocycles. The first-order chi connectivity index (χ1) is 11.7. The molecule has 138 valence electrons. The van der Waals surface area contributed by atoms with Crippen LogP contribution < -0.4 is 5.32 Å². The first-order valence-corrected chi connectivity index (χ1v) is 8.10. The third-order valence-corrected chi connectivity index (χ3v) is 3.16. The van der Waals surface area contributed by atoms with Gasteiger partial charge >= 0.3 is 12.1 Å². The summed E-state index contributed by atoms with van der Waals surface area (Å²) in [6.07, 6.45) is -0.464. The van der Waals surface area contributed by atoms with Crippen LogP contribution in [0.25, 0.3) is 0 Å². The molecule has 1 aromatic rings. The maximum atomic E-state index is 12.1. The van der Waals surface area contributed by atoms with Crippen LogP contribution in [0.5, 0.6) is 0 Å². The fourth-order valence-corrected chi connectivity index (χ4v) is 2.05. The van der Waals surface area contributed by atoms with Crippen LogP contribution in [0, 0.1) is 5.41 Å². The van der Waals surface area contributed by atoms with Gasteiger partial charge in [0.2, 0.25) is 0 Å². The van der Waals surface area contributed by atoms with Gasteiger partial charge in [0.1, 0.15) is 11.6 Å². The summed E-state index contributed by atoms with van der Waals surface area (Å²) in [5.74, 6) is -0.541. The number of carbonyl (C=O) groups excluding carboxylic acids is 2. The fraction of sp³-hybridized carbons (Fsp3) is 0.500. The second-order valence-electron chi connectivity index (χ2n) is 6.49. The topological polar surface area (TPSA) is 109 Å². The van der Waals surface area contributed by atoms with Gasteiger partial charge in [0.15, 0.2) is 0 Å². The van der Waals surface area contributed by atoms with Crippen molar-refractivity contribution in [1.29, 1.82) is 5.41 Å². The molecule has 0 radical (unpaired) electrons. The number of ether oxygens (including phenoxy) is 2. The summed E-state index contributed by atoms with van der Waals surface area (Å²) >= 11 is 0. The number of carbonyl (C=O) groups is 2.